The quantitative estimate of drug-likeness (QED) is 0.815. The second-order valence-corrected chi connectivity index (χ2v) is 6.91. The molecule has 1 aliphatic heterocycles. The van der Waals surface area contributed by atoms with Gasteiger partial charge in [-0.25, -0.2) is 0 Å². The summed E-state index contributed by atoms with van der Waals surface area (Å²) < 4.78 is 5.86. The molecule has 0 spiro atoms. The van der Waals surface area contributed by atoms with Gasteiger partial charge in [0.2, 0.25) is 5.91 Å². The lowest BCUT2D eigenvalue weighted by atomic mass is 9.93. The highest BCUT2D eigenvalue weighted by molar-refractivity contribution is 5.76. The molecule has 5 heteroatoms. The average molecular weight is 355 g/mol. The number of rotatable bonds is 7. The lowest BCUT2D eigenvalue weighted by molar-refractivity contribution is -0.137. The molecule has 1 saturated heterocycles. The smallest absolute Gasteiger partial charge is 0.303 e. The van der Waals surface area contributed by atoms with Gasteiger partial charge in [-0.05, 0) is 37.3 Å². The molecule has 0 unspecified atom stereocenters. The van der Waals surface area contributed by atoms with E-state index in [9.17, 15) is 9.59 Å². The molecule has 26 heavy (non-hydrogen) atoms. The Kier molecular flexibility index (Phi) is 6.10. The van der Waals surface area contributed by atoms with E-state index in [1.54, 1.807) is 0 Å². The molecular formula is C21H25NO4. The monoisotopic (exact) mass is 355 g/mol. The summed E-state index contributed by atoms with van der Waals surface area (Å²) >= 11 is 0. The predicted octanol–water partition coefficient (Wildman–Crippen LogP) is 3.98. The van der Waals surface area contributed by atoms with Crippen molar-refractivity contribution in [1.29, 1.82) is 0 Å². The molecule has 1 aliphatic rings. The number of aliphatic carboxylic acids is 1. The Morgan fingerprint density at radius 1 is 1.12 bits per heavy atom. The van der Waals surface area contributed by atoms with Gasteiger partial charge in [0, 0.05) is 37.9 Å². The van der Waals surface area contributed by atoms with Crippen LogP contribution < -0.4 is 0 Å². The average Bonchev–Trinajstić information content (AvgIpc) is 3.14. The lowest BCUT2D eigenvalue weighted by Gasteiger charge is -2.32. The minimum absolute atomic E-state index is 0.127. The van der Waals surface area contributed by atoms with Gasteiger partial charge < -0.3 is 14.4 Å². The zero-order valence-corrected chi connectivity index (χ0v) is 14.9. The van der Waals surface area contributed by atoms with Crippen molar-refractivity contribution in [3.63, 3.8) is 0 Å². The van der Waals surface area contributed by atoms with Crippen LogP contribution in [0.4, 0.5) is 0 Å². The fourth-order valence-electron chi connectivity index (χ4n) is 3.51. The molecular weight excluding hydrogens is 330 g/mol. The number of carbonyl (C=O) groups excluding carboxylic acids is 1. The molecule has 1 atom stereocenters. The topological polar surface area (TPSA) is 70.8 Å². The third-order valence-corrected chi connectivity index (χ3v) is 4.94. The van der Waals surface area contributed by atoms with Crippen LogP contribution >= 0.6 is 0 Å². The minimum atomic E-state index is -0.763. The van der Waals surface area contributed by atoms with E-state index >= 15 is 0 Å². The molecule has 1 aromatic carbocycles. The van der Waals surface area contributed by atoms with Crippen LogP contribution in [0.15, 0.2) is 46.9 Å². The Labute approximate surface area is 153 Å². The molecule has 0 bridgehead atoms. The molecule has 1 amide bonds. The maximum absolute atomic E-state index is 12.5. The molecule has 2 aromatic rings. The summed E-state index contributed by atoms with van der Waals surface area (Å²) in [6.45, 7) is 1.45. The molecule has 1 N–H and O–H groups in total. The third kappa shape index (κ3) is 4.97. The normalized spacial score (nSPS) is 17.2. The number of aryl methyl sites for hydroxylation is 1. The van der Waals surface area contributed by atoms with E-state index in [4.69, 9.17) is 9.52 Å². The first kappa shape index (κ1) is 18.2. The van der Waals surface area contributed by atoms with Crippen molar-refractivity contribution in [2.75, 3.05) is 13.1 Å². The van der Waals surface area contributed by atoms with E-state index in [0.717, 1.165) is 36.5 Å². The van der Waals surface area contributed by atoms with E-state index in [-0.39, 0.29) is 12.3 Å². The number of hydrogen-bond donors (Lipinski definition) is 1. The van der Waals surface area contributed by atoms with Gasteiger partial charge in [0.25, 0.3) is 0 Å². The molecule has 0 aliphatic carbocycles. The molecule has 3 rings (SSSR count). The maximum Gasteiger partial charge on any atom is 0.303 e. The summed E-state index contributed by atoms with van der Waals surface area (Å²) in [4.78, 5) is 25.1. The van der Waals surface area contributed by atoms with Crippen LogP contribution in [0.3, 0.4) is 0 Å². The molecule has 138 valence electrons. The van der Waals surface area contributed by atoms with E-state index in [2.05, 4.69) is 0 Å². The van der Waals surface area contributed by atoms with E-state index in [1.165, 1.54) is 0 Å². The van der Waals surface area contributed by atoms with Crippen LogP contribution in [0.5, 0.6) is 0 Å². The first-order chi connectivity index (χ1) is 12.6. The van der Waals surface area contributed by atoms with Gasteiger partial charge in [-0.2, -0.15) is 0 Å². The zero-order valence-electron chi connectivity index (χ0n) is 14.9. The maximum atomic E-state index is 12.5. The van der Waals surface area contributed by atoms with Crippen LogP contribution in [0.1, 0.15) is 37.9 Å². The zero-order chi connectivity index (χ0) is 18.4. The van der Waals surface area contributed by atoms with Gasteiger partial charge in [-0.15, -0.1) is 0 Å². The minimum Gasteiger partial charge on any atom is -0.481 e. The van der Waals surface area contributed by atoms with Crippen LogP contribution in [-0.2, 0) is 16.0 Å². The number of piperidine rings is 1. The van der Waals surface area contributed by atoms with Crippen molar-refractivity contribution in [1.82, 2.24) is 4.90 Å². The lowest BCUT2D eigenvalue weighted by Crippen LogP contribution is -2.40. The van der Waals surface area contributed by atoms with Gasteiger partial charge in [-0.3, -0.25) is 9.59 Å². The van der Waals surface area contributed by atoms with Crippen molar-refractivity contribution in [3.05, 3.63) is 48.2 Å². The van der Waals surface area contributed by atoms with Gasteiger partial charge >= 0.3 is 5.97 Å². The number of likely N-dealkylation sites (tertiary alicyclic amines) is 1. The molecule has 5 nitrogen and oxygen atoms in total. The number of amides is 1. The Morgan fingerprint density at radius 3 is 2.69 bits per heavy atom. The standard InChI is InChI=1S/C21H25NO4/c23-20(22-14-4-5-16(15-22)8-13-21(24)25)12-10-18-9-11-19(26-18)17-6-2-1-3-7-17/h1-3,6-7,9,11,16H,4-5,8,10,12-15H2,(H,24,25)/t16-/m0/s1. The molecule has 1 fully saturated rings. The van der Waals surface area contributed by atoms with Crippen LogP contribution in [-0.4, -0.2) is 35.0 Å². The molecule has 1 aromatic heterocycles. The fourth-order valence-corrected chi connectivity index (χ4v) is 3.51. The second kappa shape index (κ2) is 8.70. The number of hydrogen-bond acceptors (Lipinski definition) is 3. The molecule has 0 saturated carbocycles. The van der Waals surface area contributed by atoms with Crippen LogP contribution in [0, 0.1) is 5.92 Å². The summed E-state index contributed by atoms with van der Waals surface area (Å²) in [5.41, 5.74) is 1.03. The summed E-state index contributed by atoms with van der Waals surface area (Å²) in [6, 6.07) is 13.8. The summed E-state index contributed by atoms with van der Waals surface area (Å²) in [6.07, 6.45) is 3.80. The largest absolute Gasteiger partial charge is 0.481 e. The summed E-state index contributed by atoms with van der Waals surface area (Å²) in [7, 11) is 0. The summed E-state index contributed by atoms with van der Waals surface area (Å²) in [5.74, 6) is 1.30. The number of benzene rings is 1. The van der Waals surface area contributed by atoms with Gasteiger partial charge in [0.1, 0.15) is 11.5 Å². The van der Waals surface area contributed by atoms with Gasteiger partial charge in [0.15, 0.2) is 0 Å². The van der Waals surface area contributed by atoms with Crippen molar-refractivity contribution in [2.45, 2.75) is 38.5 Å². The Hall–Kier alpha value is -2.56. The SMILES string of the molecule is O=C(O)CC[C@@H]1CCCN(C(=O)CCc2ccc(-c3ccccc3)o2)C1. The highest BCUT2D eigenvalue weighted by Crippen LogP contribution is 2.24. The second-order valence-electron chi connectivity index (χ2n) is 6.91. The van der Waals surface area contributed by atoms with Crippen molar-refractivity contribution in [2.24, 2.45) is 5.92 Å². The highest BCUT2D eigenvalue weighted by Gasteiger charge is 2.24. The number of carbonyl (C=O) groups is 2. The fraction of sp³-hybridized carbons (Fsp3) is 0.429. The first-order valence-electron chi connectivity index (χ1n) is 9.25. The molecule has 0 radical (unpaired) electrons. The van der Waals surface area contributed by atoms with Crippen molar-refractivity contribution in [3.8, 4) is 11.3 Å². The summed E-state index contributed by atoms with van der Waals surface area (Å²) in [5, 5.41) is 8.82. The number of nitrogens with zero attached hydrogens (tertiary/aromatic N) is 1. The van der Waals surface area contributed by atoms with Gasteiger partial charge in [0.05, 0.1) is 0 Å². The van der Waals surface area contributed by atoms with E-state index in [1.807, 2.05) is 47.4 Å². The van der Waals surface area contributed by atoms with Crippen molar-refractivity contribution >= 4 is 11.9 Å². The Bertz CT molecular complexity index is 737. The van der Waals surface area contributed by atoms with E-state index in [0.29, 0.717) is 31.7 Å². The third-order valence-electron chi connectivity index (χ3n) is 4.94. The van der Waals surface area contributed by atoms with E-state index < -0.39 is 5.97 Å². The Balaban J connectivity index is 1.49. The number of carboxylic acid groups (broad SMARTS) is 1. The van der Waals surface area contributed by atoms with Crippen LogP contribution in [0.2, 0.25) is 0 Å². The predicted molar refractivity (Wildman–Crippen MR) is 98.6 cm³/mol. The van der Waals surface area contributed by atoms with Crippen molar-refractivity contribution < 1.29 is 19.1 Å². The van der Waals surface area contributed by atoms with Gasteiger partial charge in [-0.1, -0.05) is 30.3 Å². The highest BCUT2D eigenvalue weighted by atomic mass is 16.4. The number of carboxylic acids is 1. The Morgan fingerprint density at radius 2 is 1.92 bits per heavy atom. The first-order valence-corrected chi connectivity index (χ1v) is 9.25. The van der Waals surface area contributed by atoms with Crippen LogP contribution in [0.25, 0.3) is 11.3 Å². The number of furan rings is 1. The molecule has 2 heterocycles.